The number of rotatable bonds is 9. The van der Waals surface area contributed by atoms with E-state index >= 15 is 0 Å². The maximum Gasteiger partial charge on any atom is 0.343 e. The standard InChI is InChI=1S/C29H32O4/c1-5-6-17-25-24(18-20(2)3)19-21(4)26(32-28(30)22-13-9-7-10-14-22)27(25)33-29(31)23-15-11-8-12-16-23/h7-16,19-20H,5-6,17-18H2,1-4H3. The lowest BCUT2D eigenvalue weighted by molar-refractivity contribution is 0.0679. The number of ether oxygens (including phenoxy) is 2. The van der Waals surface area contributed by atoms with E-state index in [1.54, 1.807) is 48.5 Å². The summed E-state index contributed by atoms with van der Waals surface area (Å²) in [6.45, 7) is 8.35. The fourth-order valence-corrected chi connectivity index (χ4v) is 3.81. The molecule has 0 heterocycles. The summed E-state index contributed by atoms with van der Waals surface area (Å²) >= 11 is 0. The molecule has 172 valence electrons. The molecule has 0 saturated carbocycles. The van der Waals surface area contributed by atoms with Gasteiger partial charge in [-0.05, 0) is 67.5 Å². The molecule has 3 aromatic carbocycles. The molecule has 0 amide bonds. The maximum absolute atomic E-state index is 13.0. The fourth-order valence-electron chi connectivity index (χ4n) is 3.81. The van der Waals surface area contributed by atoms with Crippen LogP contribution < -0.4 is 9.47 Å². The van der Waals surface area contributed by atoms with E-state index in [2.05, 4.69) is 26.8 Å². The van der Waals surface area contributed by atoms with Crippen LogP contribution in [0.3, 0.4) is 0 Å². The Morgan fingerprint density at radius 1 is 0.818 bits per heavy atom. The van der Waals surface area contributed by atoms with Gasteiger partial charge in [0.15, 0.2) is 11.5 Å². The van der Waals surface area contributed by atoms with Crippen LogP contribution in [-0.4, -0.2) is 11.9 Å². The summed E-state index contributed by atoms with van der Waals surface area (Å²) in [5.74, 6) is 0.157. The zero-order valence-electron chi connectivity index (χ0n) is 19.9. The van der Waals surface area contributed by atoms with Gasteiger partial charge in [0.25, 0.3) is 0 Å². The number of carbonyl (C=O) groups excluding carboxylic acids is 2. The number of benzene rings is 3. The van der Waals surface area contributed by atoms with Crippen LogP contribution in [0.25, 0.3) is 0 Å². The Morgan fingerprint density at radius 3 is 1.82 bits per heavy atom. The van der Waals surface area contributed by atoms with Gasteiger partial charge < -0.3 is 9.47 Å². The van der Waals surface area contributed by atoms with Gasteiger partial charge in [0, 0.05) is 5.56 Å². The highest BCUT2D eigenvalue weighted by Crippen LogP contribution is 2.40. The normalized spacial score (nSPS) is 10.8. The van der Waals surface area contributed by atoms with Crippen LogP contribution in [0.15, 0.2) is 66.7 Å². The van der Waals surface area contributed by atoms with Crippen LogP contribution in [0, 0.1) is 12.8 Å². The quantitative estimate of drug-likeness (QED) is 0.264. The minimum absolute atomic E-state index is 0.312. The van der Waals surface area contributed by atoms with E-state index in [0.29, 0.717) is 28.5 Å². The first-order valence-corrected chi connectivity index (χ1v) is 11.6. The van der Waals surface area contributed by atoms with E-state index in [1.165, 1.54) is 0 Å². The van der Waals surface area contributed by atoms with E-state index in [4.69, 9.17) is 9.47 Å². The first kappa shape index (κ1) is 24.2. The van der Waals surface area contributed by atoms with Gasteiger partial charge in [0.2, 0.25) is 0 Å². The summed E-state index contributed by atoms with van der Waals surface area (Å²) in [5, 5.41) is 0. The Morgan fingerprint density at radius 2 is 1.33 bits per heavy atom. The van der Waals surface area contributed by atoms with Crippen molar-refractivity contribution in [3.05, 3.63) is 94.5 Å². The van der Waals surface area contributed by atoms with Crippen molar-refractivity contribution < 1.29 is 19.1 Å². The first-order chi connectivity index (χ1) is 15.9. The maximum atomic E-state index is 13.0. The number of esters is 2. The Kier molecular flexibility index (Phi) is 8.42. The predicted octanol–water partition coefficient (Wildman–Crippen LogP) is 6.97. The predicted molar refractivity (Wildman–Crippen MR) is 131 cm³/mol. The van der Waals surface area contributed by atoms with Crippen LogP contribution in [0.4, 0.5) is 0 Å². The lowest BCUT2D eigenvalue weighted by Crippen LogP contribution is -2.16. The highest BCUT2D eigenvalue weighted by molar-refractivity contribution is 5.93. The lowest BCUT2D eigenvalue weighted by Gasteiger charge is -2.21. The van der Waals surface area contributed by atoms with Crippen LogP contribution in [0.1, 0.15) is 71.0 Å². The molecule has 0 aromatic heterocycles. The molecule has 0 bridgehead atoms. The summed E-state index contributed by atoms with van der Waals surface area (Å²) in [5.41, 5.74) is 3.73. The number of carbonyl (C=O) groups is 2. The Hall–Kier alpha value is -3.40. The van der Waals surface area contributed by atoms with Crippen molar-refractivity contribution >= 4 is 11.9 Å². The van der Waals surface area contributed by atoms with Crippen molar-refractivity contribution in [2.75, 3.05) is 0 Å². The van der Waals surface area contributed by atoms with Gasteiger partial charge in [-0.1, -0.05) is 69.7 Å². The first-order valence-electron chi connectivity index (χ1n) is 11.6. The van der Waals surface area contributed by atoms with Gasteiger partial charge in [-0.3, -0.25) is 0 Å². The van der Waals surface area contributed by atoms with E-state index in [1.807, 2.05) is 19.1 Å². The second-order valence-electron chi connectivity index (χ2n) is 8.70. The van der Waals surface area contributed by atoms with Crippen molar-refractivity contribution in [2.24, 2.45) is 5.92 Å². The van der Waals surface area contributed by atoms with Crippen LogP contribution in [-0.2, 0) is 12.8 Å². The van der Waals surface area contributed by atoms with Gasteiger partial charge in [0.05, 0.1) is 11.1 Å². The number of unbranched alkanes of at least 4 members (excludes halogenated alkanes) is 1. The summed E-state index contributed by atoms with van der Waals surface area (Å²) < 4.78 is 11.8. The summed E-state index contributed by atoms with van der Waals surface area (Å²) in [4.78, 5) is 25.9. The summed E-state index contributed by atoms with van der Waals surface area (Å²) in [7, 11) is 0. The molecule has 3 rings (SSSR count). The molecule has 0 N–H and O–H groups in total. The summed E-state index contributed by atoms with van der Waals surface area (Å²) in [6, 6.07) is 19.8. The van der Waals surface area contributed by atoms with Crippen molar-refractivity contribution in [3.8, 4) is 11.5 Å². The van der Waals surface area contributed by atoms with Gasteiger partial charge in [0.1, 0.15) is 0 Å². The van der Waals surface area contributed by atoms with E-state index in [0.717, 1.165) is 42.4 Å². The van der Waals surface area contributed by atoms with Crippen molar-refractivity contribution in [1.29, 1.82) is 0 Å². The van der Waals surface area contributed by atoms with Crippen LogP contribution in [0.5, 0.6) is 11.5 Å². The third kappa shape index (κ3) is 6.32. The molecule has 4 heteroatoms. The molecule has 0 saturated heterocycles. The van der Waals surface area contributed by atoms with Gasteiger partial charge in [-0.25, -0.2) is 9.59 Å². The molecule has 0 aliphatic carbocycles. The number of hydrogen-bond acceptors (Lipinski definition) is 4. The highest BCUT2D eigenvalue weighted by Gasteiger charge is 2.24. The average Bonchev–Trinajstić information content (AvgIpc) is 2.81. The summed E-state index contributed by atoms with van der Waals surface area (Å²) in [6.07, 6.45) is 3.53. The molecule has 0 atom stereocenters. The Labute approximate surface area is 196 Å². The highest BCUT2D eigenvalue weighted by atomic mass is 16.6. The molecule has 0 fully saturated rings. The van der Waals surface area contributed by atoms with Crippen LogP contribution >= 0.6 is 0 Å². The lowest BCUT2D eigenvalue weighted by atomic mass is 9.92. The molecule has 0 spiro atoms. The van der Waals surface area contributed by atoms with Crippen molar-refractivity contribution in [3.63, 3.8) is 0 Å². The average molecular weight is 445 g/mol. The molecular weight excluding hydrogens is 412 g/mol. The SMILES string of the molecule is CCCCc1c(CC(C)C)cc(C)c(OC(=O)c2ccccc2)c1OC(=O)c1ccccc1. The molecule has 0 unspecified atom stereocenters. The molecule has 33 heavy (non-hydrogen) atoms. The molecular formula is C29H32O4. The molecule has 3 aromatic rings. The largest absolute Gasteiger partial charge is 0.419 e. The van der Waals surface area contributed by atoms with Crippen molar-refractivity contribution in [1.82, 2.24) is 0 Å². The topological polar surface area (TPSA) is 52.6 Å². The number of aryl methyl sites for hydroxylation is 1. The smallest absolute Gasteiger partial charge is 0.343 e. The second kappa shape index (κ2) is 11.5. The monoisotopic (exact) mass is 444 g/mol. The van der Waals surface area contributed by atoms with E-state index in [9.17, 15) is 9.59 Å². The molecule has 0 radical (unpaired) electrons. The zero-order chi connectivity index (χ0) is 23.8. The number of hydrogen-bond donors (Lipinski definition) is 0. The van der Waals surface area contributed by atoms with E-state index < -0.39 is 11.9 Å². The van der Waals surface area contributed by atoms with Gasteiger partial charge in [-0.15, -0.1) is 0 Å². The van der Waals surface area contributed by atoms with Gasteiger partial charge >= 0.3 is 11.9 Å². The van der Waals surface area contributed by atoms with Crippen LogP contribution in [0.2, 0.25) is 0 Å². The Bertz CT molecular complexity index is 1090. The third-order valence-electron chi connectivity index (χ3n) is 5.43. The van der Waals surface area contributed by atoms with Gasteiger partial charge in [-0.2, -0.15) is 0 Å². The van der Waals surface area contributed by atoms with Crippen molar-refractivity contribution in [2.45, 2.75) is 53.4 Å². The second-order valence-corrected chi connectivity index (χ2v) is 8.70. The minimum Gasteiger partial charge on any atom is -0.419 e. The molecule has 0 aliphatic heterocycles. The molecule has 4 nitrogen and oxygen atoms in total. The third-order valence-corrected chi connectivity index (χ3v) is 5.43. The van der Waals surface area contributed by atoms with E-state index in [-0.39, 0.29) is 0 Å². The fraction of sp³-hybridized carbons (Fsp3) is 0.310. The zero-order valence-corrected chi connectivity index (χ0v) is 19.9. The minimum atomic E-state index is -0.478. The Balaban J connectivity index is 2.10. The molecule has 0 aliphatic rings.